The lowest BCUT2D eigenvalue weighted by Gasteiger charge is -1.98. The Hall–Kier alpha value is -2.00. The highest BCUT2D eigenvalue weighted by atomic mass is 35.5. The van der Waals surface area contributed by atoms with Crippen LogP contribution in [0.3, 0.4) is 0 Å². The summed E-state index contributed by atoms with van der Waals surface area (Å²) >= 11 is 5.77. The van der Waals surface area contributed by atoms with Crippen molar-refractivity contribution < 1.29 is 13.6 Å². The zero-order valence-electron chi connectivity index (χ0n) is 9.74. The van der Waals surface area contributed by atoms with Crippen molar-refractivity contribution >= 4 is 23.5 Å². The fourth-order valence-electron chi connectivity index (χ4n) is 1.55. The summed E-state index contributed by atoms with van der Waals surface area (Å²) in [7, 11) is 0. The molecule has 0 heterocycles. The zero-order chi connectivity index (χ0) is 13.8. The topological polar surface area (TPSA) is 17.1 Å². The molecule has 2 rings (SSSR count). The summed E-state index contributed by atoms with van der Waals surface area (Å²) in [4.78, 5) is 11.8. The molecule has 0 N–H and O–H groups in total. The second-order valence-electron chi connectivity index (χ2n) is 3.87. The predicted octanol–water partition coefficient (Wildman–Crippen LogP) is 4.51. The molecule has 0 unspecified atom stereocenters. The molecule has 0 aliphatic rings. The van der Waals surface area contributed by atoms with Gasteiger partial charge in [-0.25, -0.2) is 8.78 Å². The molecule has 0 aromatic heterocycles. The molecule has 0 aliphatic heterocycles. The average Bonchev–Trinajstić information content (AvgIpc) is 2.39. The van der Waals surface area contributed by atoms with Crippen LogP contribution in [0.25, 0.3) is 6.08 Å². The Morgan fingerprint density at radius 2 is 1.89 bits per heavy atom. The van der Waals surface area contributed by atoms with Gasteiger partial charge in [-0.2, -0.15) is 0 Å². The van der Waals surface area contributed by atoms with Crippen molar-refractivity contribution in [1.29, 1.82) is 0 Å². The van der Waals surface area contributed by atoms with Crippen LogP contribution in [0.5, 0.6) is 0 Å². The molecular weight excluding hydrogens is 270 g/mol. The highest BCUT2D eigenvalue weighted by Gasteiger charge is 2.04. The Morgan fingerprint density at radius 1 is 1.11 bits per heavy atom. The van der Waals surface area contributed by atoms with Gasteiger partial charge in [-0.1, -0.05) is 23.7 Å². The van der Waals surface area contributed by atoms with Gasteiger partial charge in [0.05, 0.1) is 0 Å². The van der Waals surface area contributed by atoms with Gasteiger partial charge in [0.2, 0.25) is 0 Å². The van der Waals surface area contributed by atoms with Crippen molar-refractivity contribution in [1.82, 2.24) is 0 Å². The van der Waals surface area contributed by atoms with Crippen molar-refractivity contribution in [2.75, 3.05) is 0 Å². The van der Waals surface area contributed by atoms with Crippen molar-refractivity contribution in [2.45, 2.75) is 0 Å². The quantitative estimate of drug-likeness (QED) is 0.596. The van der Waals surface area contributed by atoms with E-state index in [9.17, 15) is 13.6 Å². The molecule has 0 atom stereocenters. The highest BCUT2D eigenvalue weighted by molar-refractivity contribution is 6.31. The summed E-state index contributed by atoms with van der Waals surface area (Å²) in [5.41, 5.74) is 0.413. The van der Waals surface area contributed by atoms with E-state index in [1.165, 1.54) is 18.2 Å². The van der Waals surface area contributed by atoms with Crippen LogP contribution in [0.1, 0.15) is 15.9 Å². The Morgan fingerprint density at radius 3 is 2.63 bits per heavy atom. The lowest BCUT2D eigenvalue weighted by atomic mass is 10.1. The number of rotatable bonds is 3. The van der Waals surface area contributed by atoms with Gasteiger partial charge < -0.3 is 0 Å². The SMILES string of the molecule is O=C(/C=C/c1cc(F)ccc1F)c1cccc(Cl)c1. The van der Waals surface area contributed by atoms with E-state index in [2.05, 4.69) is 0 Å². The first-order valence-corrected chi connectivity index (χ1v) is 5.87. The van der Waals surface area contributed by atoms with Gasteiger partial charge in [-0.3, -0.25) is 4.79 Å². The van der Waals surface area contributed by atoms with Crippen molar-refractivity contribution in [3.05, 3.63) is 76.3 Å². The third-order valence-corrected chi connectivity index (χ3v) is 2.72. The number of carbonyl (C=O) groups excluding carboxylic acids is 1. The zero-order valence-corrected chi connectivity index (χ0v) is 10.5. The summed E-state index contributed by atoms with van der Waals surface area (Å²) in [6.45, 7) is 0. The van der Waals surface area contributed by atoms with Crippen molar-refractivity contribution in [3.8, 4) is 0 Å². The Kier molecular flexibility index (Phi) is 4.07. The molecule has 1 nitrogen and oxygen atoms in total. The minimum atomic E-state index is -0.587. The van der Waals surface area contributed by atoms with Gasteiger partial charge in [0.1, 0.15) is 11.6 Å². The van der Waals surface area contributed by atoms with E-state index in [-0.39, 0.29) is 11.3 Å². The molecule has 0 amide bonds. The molecule has 2 aromatic carbocycles. The van der Waals surface area contributed by atoms with E-state index < -0.39 is 11.6 Å². The summed E-state index contributed by atoms with van der Waals surface area (Å²) < 4.78 is 26.3. The maximum absolute atomic E-state index is 13.3. The van der Waals surface area contributed by atoms with Crippen LogP contribution in [0.2, 0.25) is 5.02 Å². The van der Waals surface area contributed by atoms with Crippen LogP contribution in [0.4, 0.5) is 8.78 Å². The van der Waals surface area contributed by atoms with Crippen LogP contribution in [0, 0.1) is 11.6 Å². The van der Waals surface area contributed by atoms with Crippen LogP contribution < -0.4 is 0 Å². The molecule has 0 saturated carbocycles. The minimum Gasteiger partial charge on any atom is -0.289 e. The lowest BCUT2D eigenvalue weighted by molar-refractivity contribution is 0.104. The molecule has 0 aliphatic carbocycles. The molecule has 4 heteroatoms. The van der Waals surface area contributed by atoms with Gasteiger partial charge in [0, 0.05) is 16.1 Å². The highest BCUT2D eigenvalue weighted by Crippen LogP contribution is 2.14. The summed E-state index contributed by atoms with van der Waals surface area (Å²) in [5, 5.41) is 0.441. The van der Waals surface area contributed by atoms with Gasteiger partial charge in [0.15, 0.2) is 5.78 Å². The first-order chi connectivity index (χ1) is 9.06. The second-order valence-corrected chi connectivity index (χ2v) is 4.31. The molecule has 19 heavy (non-hydrogen) atoms. The number of hydrogen-bond acceptors (Lipinski definition) is 1. The van der Waals surface area contributed by atoms with Gasteiger partial charge in [-0.15, -0.1) is 0 Å². The van der Waals surface area contributed by atoms with E-state index in [4.69, 9.17) is 11.6 Å². The fourth-order valence-corrected chi connectivity index (χ4v) is 1.74. The van der Waals surface area contributed by atoms with Crippen LogP contribution in [-0.2, 0) is 0 Å². The number of allylic oxidation sites excluding steroid dienone is 1. The maximum atomic E-state index is 13.3. The normalized spacial score (nSPS) is 10.9. The van der Waals surface area contributed by atoms with Gasteiger partial charge in [0.25, 0.3) is 0 Å². The molecule has 2 aromatic rings. The molecule has 0 fully saturated rings. The molecule has 0 radical (unpaired) electrons. The third-order valence-electron chi connectivity index (χ3n) is 2.48. The maximum Gasteiger partial charge on any atom is 0.185 e. The van der Waals surface area contributed by atoms with Gasteiger partial charge >= 0.3 is 0 Å². The Balaban J connectivity index is 2.23. The third kappa shape index (κ3) is 3.48. The first kappa shape index (κ1) is 13.4. The van der Waals surface area contributed by atoms with Crippen molar-refractivity contribution in [3.63, 3.8) is 0 Å². The monoisotopic (exact) mass is 278 g/mol. The van der Waals surface area contributed by atoms with E-state index in [0.29, 0.717) is 10.6 Å². The lowest BCUT2D eigenvalue weighted by Crippen LogP contribution is -1.94. The number of hydrogen-bond donors (Lipinski definition) is 0. The van der Waals surface area contributed by atoms with E-state index in [1.54, 1.807) is 18.2 Å². The molecular formula is C15H9ClF2O. The largest absolute Gasteiger partial charge is 0.289 e. The number of carbonyl (C=O) groups is 1. The predicted molar refractivity (Wildman–Crippen MR) is 71.2 cm³/mol. The van der Waals surface area contributed by atoms with E-state index in [0.717, 1.165) is 18.2 Å². The van der Waals surface area contributed by atoms with E-state index >= 15 is 0 Å². The summed E-state index contributed by atoms with van der Waals surface area (Å²) in [6, 6.07) is 9.46. The van der Waals surface area contributed by atoms with Crippen LogP contribution in [0.15, 0.2) is 48.5 Å². The Labute approximate surface area is 114 Å². The second kappa shape index (κ2) is 5.76. The van der Waals surface area contributed by atoms with E-state index in [1.807, 2.05) is 0 Å². The summed E-state index contributed by atoms with van der Waals surface area (Å²) in [5.74, 6) is -1.47. The minimum absolute atomic E-state index is 0.0235. The average molecular weight is 279 g/mol. The molecule has 0 saturated heterocycles. The summed E-state index contributed by atoms with van der Waals surface area (Å²) in [6.07, 6.45) is 2.42. The first-order valence-electron chi connectivity index (χ1n) is 5.49. The van der Waals surface area contributed by atoms with Crippen LogP contribution in [-0.4, -0.2) is 5.78 Å². The Bertz CT molecular complexity index is 650. The van der Waals surface area contributed by atoms with Gasteiger partial charge in [-0.05, 0) is 42.5 Å². The number of ketones is 1. The number of halogens is 3. The smallest absolute Gasteiger partial charge is 0.185 e. The standard InChI is InChI=1S/C15H9ClF2O/c16-12-3-1-2-11(8-12)15(19)7-4-10-9-13(17)5-6-14(10)18/h1-9H/b7-4+. The number of benzene rings is 2. The molecule has 0 spiro atoms. The van der Waals surface area contributed by atoms with Crippen molar-refractivity contribution in [2.24, 2.45) is 0 Å². The molecule has 96 valence electrons. The van der Waals surface area contributed by atoms with Crippen LogP contribution >= 0.6 is 11.6 Å². The fraction of sp³-hybridized carbons (Fsp3) is 0. The molecule has 0 bridgehead atoms.